The van der Waals surface area contributed by atoms with E-state index in [1.54, 1.807) is 27.7 Å². The summed E-state index contributed by atoms with van der Waals surface area (Å²) in [6.45, 7) is 7.44. The Hall–Kier alpha value is -0.640. The lowest BCUT2D eigenvalue weighted by atomic mass is 10.0. The van der Waals surface area contributed by atoms with Crippen molar-refractivity contribution in [1.82, 2.24) is 0 Å². The number of rotatable bonds is 2. The van der Waals surface area contributed by atoms with Gasteiger partial charge < -0.3 is 24.1 Å². The molecule has 2 saturated heterocycles. The highest BCUT2D eigenvalue weighted by atomic mass is 16.8. The zero-order valence-electron chi connectivity index (χ0n) is 11.2. The Bertz CT molecular complexity index is 357. The van der Waals surface area contributed by atoms with Gasteiger partial charge in [-0.25, -0.2) is 0 Å². The molecule has 2 aliphatic heterocycles. The van der Waals surface area contributed by atoms with Crippen molar-refractivity contribution < 1.29 is 24.1 Å². The largest absolute Gasteiger partial charge is 0.387 e. The molecule has 102 valence electrons. The van der Waals surface area contributed by atoms with Crippen LogP contribution in [-0.4, -0.2) is 47.7 Å². The molecule has 0 saturated carbocycles. The molecule has 0 bridgehead atoms. The monoisotopic (exact) mass is 256 g/mol. The van der Waals surface area contributed by atoms with Crippen LogP contribution in [0.25, 0.3) is 0 Å². The van der Waals surface area contributed by atoms with Gasteiger partial charge in [-0.3, -0.25) is 0 Å². The summed E-state index contributed by atoms with van der Waals surface area (Å²) in [5.41, 5.74) is 0. The molecule has 2 fully saturated rings. The van der Waals surface area contributed by atoms with Crippen molar-refractivity contribution in [2.24, 2.45) is 0 Å². The van der Waals surface area contributed by atoms with Crippen LogP contribution in [0, 0.1) is 12.3 Å². The first-order chi connectivity index (χ1) is 8.24. The summed E-state index contributed by atoms with van der Waals surface area (Å²) in [6, 6.07) is 0. The Labute approximate surface area is 107 Å². The Kier molecular flexibility index (Phi) is 3.43. The molecule has 0 aromatic rings. The molecule has 1 N–H and O–H groups in total. The highest BCUT2D eigenvalue weighted by molar-refractivity contribution is 5.06. The predicted molar refractivity (Wildman–Crippen MR) is 63.6 cm³/mol. The third kappa shape index (κ3) is 2.68. The second-order valence-electron chi connectivity index (χ2n) is 5.55. The molecule has 2 aliphatic rings. The van der Waals surface area contributed by atoms with Crippen molar-refractivity contribution in [3.05, 3.63) is 0 Å². The fourth-order valence-electron chi connectivity index (χ4n) is 2.26. The first kappa shape index (κ1) is 13.8. The van der Waals surface area contributed by atoms with Gasteiger partial charge in [0.15, 0.2) is 11.6 Å². The van der Waals surface area contributed by atoms with Crippen molar-refractivity contribution in [2.75, 3.05) is 6.61 Å². The van der Waals surface area contributed by atoms with E-state index in [1.807, 2.05) is 0 Å². The van der Waals surface area contributed by atoms with Gasteiger partial charge in [0.05, 0.1) is 6.61 Å². The van der Waals surface area contributed by atoms with E-state index in [-0.39, 0.29) is 0 Å². The number of ether oxygens (including phenoxy) is 4. The topological polar surface area (TPSA) is 57.2 Å². The van der Waals surface area contributed by atoms with E-state index in [4.69, 9.17) is 25.4 Å². The Morgan fingerprint density at radius 1 is 1.17 bits per heavy atom. The minimum atomic E-state index is -0.880. The van der Waals surface area contributed by atoms with Gasteiger partial charge in [0.25, 0.3) is 0 Å². The summed E-state index contributed by atoms with van der Waals surface area (Å²) in [7, 11) is 0. The standard InChI is InChI=1S/C13H20O5/c1-6-8-11(18-13(4,5)16-8)10(14)9-7-15-12(2,3)17-9/h1,8-11,14H,7H2,2-5H3/t8-,9-,10-,11-/m1/s1. The molecule has 2 heterocycles. The average Bonchev–Trinajstić information content (AvgIpc) is 2.77. The molecule has 0 spiro atoms. The average molecular weight is 256 g/mol. The van der Waals surface area contributed by atoms with Crippen LogP contribution in [0.4, 0.5) is 0 Å². The van der Waals surface area contributed by atoms with Gasteiger partial charge in [-0.1, -0.05) is 5.92 Å². The van der Waals surface area contributed by atoms with Crippen LogP contribution in [0.15, 0.2) is 0 Å². The number of terminal acetylenes is 1. The second kappa shape index (κ2) is 4.48. The number of hydrogen-bond acceptors (Lipinski definition) is 5. The smallest absolute Gasteiger partial charge is 0.165 e. The normalized spacial score (nSPS) is 39.4. The first-order valence-corrected chi connectivity index (χ1v) is 6.06. The predicted octanol–water partition coefficient (Wildman–Crippen LogP) is 0.652. The van der Waals surface area contributed by atoms with Gasteiger partial charge in [0.2, 0.25) is 0 Å². The van der Waals surface area contributed by atoms with Gasteiger partial charge >= 0.3 is 0 Å². The number of hydrogen-bond donors (Lipinski definition) is 1. The number of aliphatic hydroxyl groups excluding tert-OH is 1. The fourth-order valence-corrected chi connectivity index (χ4v) is 2.26. The van der Waals surface area contributed by atoms with Crippen LogP contribution in [0.1, 0.15) is 27.7 Å². The van der Waals surface area contributed by atoms with Crippen LogP contribution < -0.4 is 0 Å². The molecule has 4 atom stereocenters. The van der Waals surface area contributed by atoms with Crippen molar-refractivity contribution in [2.45, 2.75) is 63.7 Å². The Morgan fingerprint density at radius 2 is 1.83 bits per heavy atom. The Morgan fingerprint density at radius 3 is 2.33 bits per heavy atom. The molecular formula is C13H20O5. The first-order valence-electron chi connectivity index (χ1n) is 6.06. The van der Waals surface area contributed by atoms with Crippen molar-refractivity contribution in [3.8, 4) is 12.3 Å². The minimum Gasteiger partial charge on any atom is -0.387 e. The molecule has 0 radical (unpaired) electrons. The van der Waals surface area contributed by atoms with Gasteiger partial charge in [0, 0.05) is 0 Å². The molecular weight excluding hydrogens is 236 g/mol. The van der Waals surface area contributed by atoms with Crippen molar-refractivity contribution in [1.29, 1.82) is 0 Å². The van der Waals surface area contributed by atoms with Gasteiger partial charge in [-0.05, 0) is 27.7 Å². The minimum absolute atomic E-state index is 0.311. The fraction of sp³-hybridized carbons (Fsp3) is 0.846. The highest BCUT2D eigenvalue weighted by Crippen LogP contribution is 2.33. The quantitative estimate of drug-likeness (QED) is 0.735. The molecule has 5 nitrogen and oxygen atoms in total. The summed E-state index contributed by atoms with van der Waals surface area (Å²) < 4.78 is 22.2. The van der Waals surface area contributed by atoms with E-state index in [0.717, 1.165) is 0 Å². The van der Waals surface area contributed by atoms with E-state index in [1.165, 1.54) is 0 Å². The number of aliphatic hydroxyl groups is 1. The van der Waals surface area contributed by atoms with Crippen molar-refractivity contribution >= 4 is 0 Å². The zero-order valence-corrected chi connectivity index (χ0v) is 11.2. The molecule has 0 aromatic heterocycles. The maximum Gasteiger partial charge on any atom is 0.165 e. The highest BCUT2D eigenvalue weighted by Gasteiger charge is 2.49. The third-order valence-corrected chi connectivity index (χ3v) is 3.04. The van der Waals surface area contributed by atoms with Gasteiger partial charge in [0.1, 0.15) is 24.4 Å². The maximum absolute atomic E-state index is 10.3. The van der Waals surface area contributed by atoms with Crippen LogP contribution in [0.3, 0.4) is 0 Å². The van der Waals surface area contributed by atoms with E-state index < -0.39 is 36.0 Å². The molecule has 5 heteroatoms. The molecule has 18 heavy (non-hydrogen) atoms. The summed E-state index contributed by atoms with van der Waals surface area (Å²) in [4.78, 5) is 0. The molecule has 2 rings (SSSR count). The summed E-state index contributed by atoms with van der Waals surface area (Å²) in [6.07, 6.45) is 2.87. The maximum atomic E-state index is 10.3. The SMILES string of the molecule is C#C[C@H]1OC(C)(C)O[C@H]1[C@H](O)[C@H]1COC(C)(C)O1. The Balaban J connectivity index is 2.05. The van der Waals surface area contributed by atoms with E-state index in [9.17, 15) is 5.11 Å². The van der Waals surface area contributed by atoms with Gasteiger partial charge in [-0.2, -0.15) is 0 Å². The summed E-state index contributed by atoms with van der Waals surface area (Å²) in [5.74, 6) is 1.01. The van der Waals surface area contributed by atoms with E-state index in [2.05, 4.69) is 5.92 Å². The van der Waals surface area contributed by atoms with Crippen LogP contribution >= 0.6 is 0 Å². The molecule has 0 amide bonds. The molecule has 0 aromatic carbocycles. The van der Waals surface area contributed by atoms with Gasteiger partial charge in [-0.15, -0.1) is 6.42 Å². The lowest BCUT2D eigenvalue weighted by molar-refractivity contribution is -0.178. The summed E-state index contributed by atoms with van der Waals surface area (Å²) in [5, 5.41) is 10.3. The second-order valence-corrected chi connectivity index (χ2v) is 5.55. The van der Waals surface area contributed by atoms with E-state index in [0.29, 0.717) is 6.61 Å². The summed E-state index contributed by atoms with van der Waals surface area (Å²) >= 11 is 0. The third-order valence-electron chi connectivity index (χ3n) is 3.04. The van der Waals surface area contributed by atoms with Crippen LogP contribution in [0.2, 0.25) is 0 Å². The zero-order chi connectivity index (χ0) is 13.6. The van der Waals surface area contributed by atoms with Crippen LogP contribution in [0.5, 0.6) is 0 Å². The van der Waals surface area contributed by atoms with Crippen LogP contribution in [-0.2, 0) is 18.9 Å². The molecule has 0 unspecified atom stereocenters. The molecule has 0 aliphatic carbocycles. The lowest BCUT2D eigenvalue weighted by Crippen LogP contribution is -2.44. The lowest BCUT2D eigenvalue weighted by Gasteiger charge is -2.25. The van der Waals surface area contributed by atoms with Crippen molar-refractivity contribution in [3.63, 3.8) is 0 Å². The van der Waals surface area contributed by atoms with E-state index >= 15 is 0 Å².